The molecule has 2 fully saturated rings. The number of halogens is 2. The predicted molar refractivity (Wildman–Crippen MR) is 94.3 cm³/mol. The van der Waals surface area contributed by atoms with E-state index in [-0.39, 0.29) is 22.7 Å². The maximum absolute atomic E-state index is 14.0. The number of nitrogens with zero attached hydrogens (tertiary/aromatic N) is 2. The highest BCUT2D eigenvalue weighted by atomic mass is 35.5. The number of carbonyl (C=O) groups excluding carboxylic acids is 2. The van der Waals surface area contributed by atoms with E-state index in [9.17, 15) is 14.0 Å². The van der Waals surface area contributed by atoms with Gasteiger partial charge in [0.15, 0.2) is 0 Å². The maximum atomic E-state index is 14.0. The Labute approximate surface area is 152 Å². The fraction of sp³-hybridized carbons (Fsp3) is 0.556. The van der Waals surface area contributed by atoms with Crippen LogP contribution in [-0.4, -0.2) is 54.0 Å². The number of carbonyl (C=O) groups is 2. The molecule has 0 bridgehead atoms. The molecule has 1 saturated heterocycles. The van der Waals surface area contributed by atoms with Crippen molar-refractivity contribution in [2.45, 2.75) is 38.1 Å². The van der Waals surface area contributed by atoms with E-state index < -0.39 is 11.7 Å². The van der Waals surface area contributed by atoms with E-state index in [1.807, 2.05) is 0 Å². The minimum absolute atomic E-state index is 0.0647. The molecule has 1 aliphatic heterocycles. The van der Waals surface area contributed by atoms with Crippen LogP contribution < -0.4 is 5.32 Å². The molecule has 0 atom stereocenters. The highest BCUT2D eigenvalue weighted by molar-refractivity contribution is 6.33. The highest BCUT2D eigenvalue weighted by Crippen LogP contribution is 2.22. The second-order valence-electron chi connectivity index (χ2n) is 6.66. The van der Waals surface area contributed by atoms with E-state index in [1.54, 1.807) is 9.80 Å². The number of benzene rings is 1. The smallest absolute Gasteiger partial charge is 0.317 e. The van der Waals surface area contributed by atoms with Crippen molar-refractivity contribution in [2.75, 3.05) is 26.2 Å². The standard InChI is InChI=1S/C18H23ClFN3O2/c19-14-7-3-8-15(20)16(14)17(24)22-9-4-10-23(12-11-22)18(25)21-13-5-1-2-6-13/h3,7-8,13H,1-2,4-6,9-12H2,(H,21,25). The summed E-state index contributed by atoms with van der Waals surface area (Å²) in [6.07, 6.45) is 5.06. The van der Waals surface area contributed by atoms with Crippen LogP contribution in [0.4, 0.5) is 9.18 Å². The zero-order valence-corrected chi connectivity index (χ0v) is 14.9. The number of urea groups is 1. The van der Waals surface area contributed by atoms with Gasteiger partial charge in [-0.3, -0.25) is 4.79 Å². The summed E-state index contributed by atoms with van der Waals surface area (Å²) in [6.45, 7) is 1.89. The molecule has 25 heavy (non-hydrogen) atoms. The Morgan fingerprint density at radius 2 is 1.72 bits per heavy atom. The van der Waals surface area contributed by atoms with Crippen LogP contribution in [0.3, 0.4) is 0 Å². The first kappa shape index (κ1) is 18.0. The van der Waals surface area contributed by atoms with Gasteiger partial charge in [0.05, 0.1) is 10.6 Å². The summed E-state index contributed by atoms with van der Waals surface area (Å²) in [5.41, 5.74) is -0.0898. The molecule has 1 N–H and O–H groups in total. The molecule has 7 heteroatoms. The van der Waals surface area contributed by atoms with Gasteiger partial charge in [-0.25, -0.2) is 9.18 Å². The van der Waals surface area contributed by atoms with E-state index in [0.717, 1.165) is 25.7 Å². The van der Waals surface area contributed by atoms with Gasteiger partial charge in [0.25, 0.3) is 5.91 Å². The Morgan fingerprint density at radius 3 is 2.44 bits per heavy atom. The molecule has 3 amide bonds. The van der Waals surface area contributed by atoms with Crippen LogP contribution in [0, 0.1) is 5.82 Å². The summed E-state index contributed by atoms with van der Waals surface area (Å²) in [5.74, 6) is -1.03. The zero-order chi connectivity index (χ0) is 17.8. The fourth-order valence-electron chi connectivity index (χ4n) is 3.52. The van der Waals surface area contributed by atoms with Gasteiger partial charge in [-0.1, -0.05) is 30.5 Å². The molecule has 5 nitrogen and oxygen atoms in total. The van der Waals surface area contributed by atoms with Crippen LogP contribution in [-0.2, 0) is 0 Å². The van der Waals surface area contributed by atoms with Crippen LogP contribution in [0.5, 0.6) is 0 Å². The molecule has 1 aromatic carbocycles. The minimum Gasteiger partial charge on any atom is -0.337 e. The van der Waals surface area contributed by atoms with Crippen molar-refractivity contribution in [1.29, 1.82) is 0 Å². The quantitative estimate of drug-likeness (QED) is 0.872. The molecule has 1 heterocycles. The lowest BCUT2D eigenvalue weighted by atomic mass is 10.1. The van der Waals surface area contributed by atoms with Crippen molar-refractivity contribution < 1.29 is 14.0 Å². The van der Waals surface area contributed by atoms with E-state index in [4.69, 9.17) is 11.6 Å². The normalized spacial score (nSPS) is 19.0. The largest absolute Gasteiger partial charge is 0.337 e. The molecule has 1 aliphatic carbocycles. The average molecular weight is 368 g/mol. The van der Waals surface area contributed by atoms with Gasteiger partial charge in [0.2, 0.25) is 0 Å². The average Bonchev–Trinajstić information content (AvgIpc) is 2.95. The summed E-state index contributed by atoms with van der Waals surface area (Å²) >= 11 is 6.00. The number of hydrogen-bond donors (Lipinski definition) is 1. The van der Waals surface area contributed by atoms with Gasteiger partial charge in [-0.2, -0.15) is 0 Å². The van der Waals surface area contributed by atoms with E-state index in [2.05, 4.69) is 5.32 Å². The molecule has 0 radical (unpaired) electrons. The van der Waals surface area contributed by atoms with Crippen molar-refractivity contribution in [3.05, 3.63) is 34.6 Å². The first-order chi connectivity index (χ1) is 12.1. The molecule has 3 rings (SSSR count). The summed E-state index contributed by atoms with van der Waals surface area (Å²) in [7, 11) is 0. The lowest BCUT2D eigenvalue weighted by molar-refractivity contribution is 0.0757. The summed E-state index contributed by atoms with van der Waals surface area (Å²) < 4.78 is 14.0. The number of nitrogens with one attached hydrogen (secondary N) is 1. The number of amides is 3. The summed E-state index contributed by atoms with van der Waals surface area (Å²) in [5, 5.41) is 3.19. The highest BCUT2D eigenvalue weighted by Gasteiger charge is 2.27. The zero-order valence-electron chi connectivity index (χ0n) is 14.1. The first-order valence-electron chi connectivity index (χ1n) is 8.85. The maximum Gasteiger partial charge on any atom is 0.317 e. The first-order valence-corrected chi connectivity index (χ1v) is 9.23. The molecule has 0 unspecified atom stereocenters. The second-order valence-corrected chi connectivity index (χ2v) is 7.07. The third-order valence-corrected chi connectivity index (χ3v) is 5.24. The van der Waals surface area contributed by atoms with Gasteiger partial charge in [0, 0.05) is 32.2 Å². The third kappa shape index (κ3) is 4.24. The molecular formula is C18H23ClFN3O2. The van der Waals surface area contributed by atoms with Crippen molar-refractivity contribution >= 4 is 23.5 Å². The van der Waals surface area contributed by atoms with Crippen LogP contribution in [0.25, 0.3) is 0 Å². The molecule has 136 valence electrons. The lowest BCUT2D eigenvalue weighted by Gasteiger charge is -2.24. The predicted octanol–water partition coefficient (Wildman–Crippen LogP) is 3.28. The Bertz CT molecular complexity index is 629. The van der Waals surface area contributed by atoms with Gasteiger partial charge < -0.3 is 15.1 Å². The topological polar surface area (TPSA) is 52.7 Å². The fourth-order valence-corrected chi connectivity index (χ4v) is 3.76. The monoisotopic (exact) mass is 367 g/mol. The minimum atomic E-state index is -0.613. The van der Waals surface area contributed by atoms with Crippen LogP contribution in [0.2, 0.25) is 5.02 Å². The van der Waals surface area contributed by atoms with Gasteiger partial charge in [0.1, 0.15) is 5.82 Å². The summed E-state index contributed by atoms with van der Waals surface area (Å²) in [6, 6.07) is 4.43. The van der Waals surface area contributed by atoms with Crippen molar-refractivity contribution in [3.63, 3.8) is 0 Å². The van der Waals surface area contributed by atoms with Gasteiger partial charge in [-0.15, -0.1) is 0 Å². The molecule has 1 aromatic rings. The molecule has 0 spiro atoms. The molecule has 0 aromatic heterocycles. The van der Waals surface area contributed by atoms with E-state index >= 15 is 0 Å². The second kappa shape index (κ2) is 8.04. The van der Waals surface area contributed by atoms with Crippen LogP contribution in [0.1, 0.15) is 42.5 Å². The number of hydrogen-bond acceptors (Lipinski definition) is 2. The van der Waals surface area contributed by atoms with Crippen LogP contribution in [0.15, 0.2) is 18.2 Å². The van der Waals surface area contributed by atoms with Gasteiger partial charge >= 0.3 is 6.03 Å². The van der Waals surface area contributed by atoms with E-state index in [1.165, 1.54) is 18.2 Å². The van der Waals surface area contributed by atoms with Crippen molar-refractivity contribution in [3.8, 4) is 0 Å². The molecule has 1 saturated carbocycles. The van der Waals surface area contributed by atoms with Crippen molar-refractivity contribution in [1.82, 2.24) is 15.1 Å². The van der Waals surface area contributed by atoms with Crippen molar-refractivity contribution in [2.24, 2.45) is 0 Å². The SMILES string of the molecule is O=C(NC1CCCC1)N1CCCN(C(=O)c2c(F)cccc2Cl)CC1. The Hall–Kier alpha value is -1.82. The third-order valence-electron chi connectivity index (χ3n) is 4.93. The lowest BCUT2D eigenvalue weighted by Crippen LogP contribution is -2.45. The molecule has 2 aliphatic rings. The Balaban J connectivity index is 1.61. The summed E-state index contributed by atoms with van der Waals surface area (Å²) in [4.78, 5) is 28.3. The van der Waals surface area contributed by atoms with E-state index in [0.29, 0.717) is 32.6 Å². The number of rotatable bonds is 2. The Kier molecular flexibility index (Phi) is 5.78. The van der Waals surface area contributed by atoms with Gasteiger partial charge in [-0.05, 0) is 31.4 Å². The Morgan fingerprint density at radius 1 is 1.04 bits per heavy atom. The molecular weight excluding hydrogens is 345 g/mol. The van der Waals surface area contributed by atoms with Crippen LogP contribution >= 0.6 is 11.6 Å².